The van der Waals surface area contributed by atoms with Gasteiger partial charge in [0.1, 0.15) is 5.75 Å². The number of aromatic nitrogens is 1. The van der Waals surface area contributed by atoms with Gasteiger partial charge in [0.05, 0.1) is 18.3 Å². The summed E-state index contributed by atoms with van der Waals surface area (Å²) in [6.07, 6.45) is 4.00. The van der Waals surface area contributed by atoms with Crippen LogP contribution in [0.4, 0.5) is 0 Å². The summed E-state index contributed by atoms with van der Waals surface area (Å²) >= 11 is 1.59. The molecule has 0 saturated heterocycles. The number of esters is 1. The minimum absolute atomic E-state index is 0.425. The molecule has 1 heterocycles. The summed E-state index contributed by atoms with van der Waals surface area (Å²) in [5.74, 6) is 0.191. The van der Waals surface area contributed by atoms with Crippen molar-refractivity contribution < 1.29 is 14.3 Å². The van der Waals surface area contributed by atoms with E-state index >= 15 is 0 Å². The van der Waals surface area contributed by atoms with E-state index in [1.807, 2.05) is 62.6 Å². The summed E-state index contributed by atoms with van der Waals surface area (Å²) in [6, 6.07) is 7.89. The van der Waals surface area contributed by atoms with Gasteiger partial charge >= 0.3 is 5.97 Å². The summed E-state index contributed by atoms with van der Waals surface area (Å²) < 4.78 is 11.0. The lowest BCUT2D eigenvalue weighted by Gasteiger charge is -2.24. The van der Waals surface area contributed by atoms with E-state index in [9.17, 15) is 4.79 Å². The van der Waals surface area contributed by atoms with E-state index in [1.54, 1.807) is 25.6 Å². The predicted octanol–water partition coefficient (Wildman–Crippen LogP) is 5.50. The third kappa shape index (κ3) is 4.47. The van der Waals surface area contributed by atoms with E-state index in [2.05, 4.69) is 0 Å². The molecule has 0 saturated carbocycles. The first-order valence-corrected chi connectivity index (χ1v) is 9.33. The SMILES string of the molecule is C/C=C\S/C(=C\C)c1cc(OC(C)(C)C(=O)OC)c2cc(C)ccc2n1. The normalized spacial score (nSPS) is 12.6. The van der Waals surface area contributed by atoms with Gasteiger partial charge in [0.15, 0.2) is 5.60 Å². The number of thioether (sulfide) groups is 1. The van der Waals surface area contributed by atoms with Crippen LogP contribution in [0, 0.1) is 6.92 Å². The van der Waals surface area contributed by atoms with Crippen molar-refractivity contribution in [3.63, 3.8) is 0 Å². The van der Waals surface area contributed by atoms with Crippen molar-refractivity contribution in [3.8, 4) is 5.75 Å². The third-order valence-electron chi connectivity index (χ3n) is 3.81. The molecule has 0 radical (unpaired) electrons. The molecule has 0 fully saturated rings. The van der Waals surface area contributed by atoms with Gasteiger partial charge < -0.3 is 9.47 Å². The average molecular weight is 372 g/mol. The second kappa shape index (κ2) is 8.41. The maximum atomic E-state index is 12.1. The Morgan fingerprint density at radius 3 is 2.58 bits per heavy atom. The number of hydrogen-bond donors (Lipinski definition) is 0. The van der Waals surface area contributed by atoms with Crippen LogP contribution in [-0.4, -0.2) is 23.7 Å². The molecule has 1 aromatic carbocycles. The summed E-state index contributed by atoms with van der Waals surface area (Å²) in [5, 5.41) is 2.88. The first-order valence-electron chi connectivity index (χ1n) is 8.45. The molecule has 138 valence electrons. The van der Waals surface area contributed by atoms with Crippen LogP contribution in [0.3, 0.4) is 0 Å². The smallest absolute Gasteiger partial charge is 0.349 e. The largest absolute Gasteiger partial charge is 0.475 e. The molecule has 0 unspecified atom stereocenters. The highest BCUT2D eigenvalue weighted by Crippen LogP contribution is 2.35. The van der Waals surface area contributed by atoms with Gasteiger partial charge in [0.2, 0.25) is 0 Å². The van der Waals surface area contributed by atoms with E-state index in [0.29, 0.717) is 5.75 Å². The van der Waals surface area contributed by atoms with Gasteiger partial charge in [-0.1, -0.05) is 35.5 Å². The van der Waals surface area contributed by atoms with Crippen molar-refractivity contribution in [2.75, 3.05) is 7.11 Å². The van der Waals surface area contributed by atoms with Crippen molar-refractivity contribution in [1.82, 2.24) is 4.98 Å². The van der Waals surface area contributed by atoms with E-state index in [4.69, 9.17) is 14.5 Å². The number of allylic oxidation sites excluding steroid dienone is 2. The second-order valence-electron chi connectivity index (χ2n) is 6.37. The number of aryl methyl sites for hydroxylation is 1. The lowest BCUT2D eigenvalue weighted by atomic mass is 10.1. The molecular weight excluding hydrogens is 346 g/mol. The molecular formula is C21H25NO3S. The van der Waals surface area contributed by atoms with Gasteiger partial charge in [0, 0.05) is 16.4 Å². The summed E-state index contributed by atoms with van der Waals surface area (Å²) in [5.41, 5.74) is 1.63. The summed E-state index contributed by atoms with van der Waals surface area (Å²) in [7, 11) is 1.36. The molecule has 0 spiro atoms. The first-order chi connectivity index (χ1) is 12.3. The zero-order valence-corrected chi connectivity index (χ0v) is 16.9. The van der Waals surface area contributed by atoms with Gasteiger partial charge in [-0.3, -0.25) is 0 Å². The summed E-state index contributed by atoms with van der Waals surface area (Å²) in [6.45, 7) is 9.37. The van der Waals surface area contributed by atoms with Crippen molar-refractivity contribution in [2.24, 2.45) is 0 Å². The Labute approximate surface area is 159 Å². The Bertz CT molecular complexity index is 869. The van der Waals surface area contributed by atoms with Gasteiger partial charge in [-0.25, -0.2) is 9.78 Å². The number of benzene rings is 1. The molecule has 1 aromatic heterocycles. The van der Waals surface area contributed by atoms with Crippen LogP contribution in [0.2, 0.25) is 0 Å². The molecule has 0 amide bonds. The molecule has 0 aliphatic rings. The van der Waals surface area contributed by atoms with E-state index in [1.165, 1.54) is 7.11 Å². The van der Waals surface area contributed by atoms with Crippen LogP contribution >= 0.6 is 11.8 Å². The van der Waals surface area contributed by atoms with E-state index < -0.39 is 11.6 Å². The van der Waals surface area contributed by atoms with Crippen LogP contribution in [0.1, 0.15) is 39.0 Å². The zero-order chi connectivity index (χ0) is 19.3. The van der Waals surface area contributed by atoms with E-state index in [0.717, 1.165) is 27.1 Å². The number of hydrogen-bond acceptors (Lipinski definition) is 5. The molecule has 2 aromatic rings. The lowest BCUT2D eigenvalue weighted by Crippen LogP contribution is -2.39. The number of rotatable bonds is 6. The standard InChI is InChI=1S/C21H25NO3S/c1-7-11-26-19(8-2)17-13-18(25-21(4,5)20(23)24-6)15-12-14(3)9-10-16(15)22-17/h7-13H,1-6H3/b11-7-,19-8-. The van der Waals surface area contributed by atoms with Crippen LogP contribution < -0.4 is 4.74 Å². The Balaban J connectivity index is 2.62. The van der Waals surface area contributed by atoms with Crippen LogP contribution in [0.25, 0.3) is 15.8 Å². The molecule has 0 aliphatic heterocycles. The van der Waals surface area contributed by atoms with Gasteiger partial charge in [-0.2, -0.15) is 0 Å². The quantitative estimate of drug-likeness (QED) is 0.627. The highest BCUT2D eigenvalue weighted by atomic mass is 32.2. The van der Waals surface area contributed by atoms with Gasteiger partial charge in [-0.15, -0.1) is 0 Å². The zero-order valence-electron chi connectivity index (χ0n) is 16.1. The number of pyridine rings is 1. The first kappa shape index (κ1) is 20.0. The fraction of sp³-hybridized carbons (Fsp3) is 0.333. The second-order valence-corrected chi connectivity index (χ2v) is 7.32. The topological polar surface area (TPSA) is 48.4 Å². The van der Waals surface area contributed by atoms with E-state index in [-0.39, 0.29) is 0 Å². The molecule has 0 N–H and O–H groups in total. The maximum absolute atomic E-state index is 12.1. The maximum Gasteiger partial charge on any atom is 0.349 e. The average Bonchev–Trinajstić information content (AvgIpc) is 2.61. The monoisotopic (exact) mass is 371 g/mol. The van der Waals surface area contributed by atoms with Crippen LogP contribution in [0.15, 0.2) is 41.8 Å². The van der Waals surface area contributed by atoms with Crippen molar-refractivity contribution >= 4 is 33.5 Å². The van der Waals surface area contributed by atoms with Crippen molar-refractivity contribution in [1.29, 1.82) is 0 Å². The highest BCUT2D eigenvalue weighted by Gasteiger charge is 2.32. The predicted molar refractivity (Wildman–Crippen MR) is 109 cm³/mol. The molecule has 26 heavy (non-hydrogen) atoms. The highest BCUT2D eigenvalue weighted by molar-refractivity contribution is 8.10. The van der Waals surface area contributed by atoms with Crippen molar-refractivity contribution in [2.45, 2.75) is 40.2 Å². The Morgan fingerprint density at radius 1 is 1.23 bits per heavy atom. The lowest BCUT2D eigenvalue weighted by molar-refractivity contribution is -0.155. The Morgan fingerprint density at radius 2 is 1.96 bits per heavy atom. The number of fused-ring (bicyclic) bond motifs is 1. The third-order valence-corrected chi connectivity index (χ3v) is 4.92. The molecule has 2 rings (SSSR count). The minimum atomic E-state index is -1.10. The Kier molecular flexibility index (Phi) is 6.48. The molecule has 0 aliphatic carbocycles. The number of ether oxygens (including phenoxy) is 2. The van der Waals surface area contributed by atoms with Gasteiger partial charge in [-0.05, 0) is 52.2 Å². The molecule has 4 nitrogen and oxygen atoms in total. The summed E-state index contributed by atoms with van der Waals surface area (Å²) in [4.78, 5) is 17.9. The molecule has 0 atom stereocenters. The number of carbonyl (C=O) groups is 1. The Hall–Kier alpha value is -2.27. The van der Waals surface area contributed by atoms with Crippen LogP contribution in [-0.2, 0) is 9.53 Å². The van der Waals surface area contributed by atoms with Crippen LogP contribution in [0.5, 0.6) is 5.75 Å². The molecule has 0 bridgehead atoms. The minimum Gasteiger partial charge on any atom is -0.475 e. The number of carbonyl (C=O) groups excluding carboxylic acids is 1. The fourth-order valence-electron chi connectivity index (χ4n) is 2.50. The number of nitrogens with zero attached hydrogens (tertiary/aromatic N) is 1. The molecule has 5 heteroatoms. The fourth-order valence-corrected chi connectivity index (χ4v) is 3.14. The number of methoxy groups -OCH3 is 1. The van der Waals surface area contributed by atoms with Gasteiger partial charge in [0.25, 0.3) is 0 Å². The van der Waals surface area contributed by atoms with Crippen molar-refractivity contribution in [3.05, 3.63) is 53.1 Å².